The van der Waals surface area contributed by atoms with Crippen LogP contribution in [0.2, 0.25) is 0 Å². The van der Waals surface area contributed by atoms with Crippen molar-refractivity contribution in [2.75, 3.05) is 30.8 Å². The van der Waals surface area contributed by atoms with Crippen molar-refractivity contribution in [3.63, 3.8) is 0 Å². The van der Waals surface area contributed by atoms with Gasteiger partial charge in [0, 0.05) is 6.54 Å². The van der Waals surface area contributed by atoms with Crippen molar-refractivity contribution in [3.05, 3.63) is 29.3 Å². The Morgan fingerprint density at radius 2 is 1.54 bits per heavy atom. The van der Waals surface area contributed by atoms with Crippen LogP contribution in [0.25, 0.3) is 22.3 Å². The smallest absolute Gasteiger partial charge is 0.432 e. The molecule has 304 valence electrons. The van der Waals surface area contributed by atoms with E-state index in [1.165, 1.54) is 5.06 Å². The van der Waals surface area contributed by atoms with E-state index in [4.69, 9.17) is 20.0 Å². The number of aromatic nitrogens is 8. The average molecular weight is 832 g/mol. The molecule has 0 aromatic carbocycles. The minimum Gasteiger partial charge on any atom is -0.756 e. The molecule has 0 bridgehead atoms. The molecule has 11 atom stereocenters. The van der Waals surface area contributed by atoms with E-state index in [1.54, 1.807) is 0 Å². The number of fused-ring (bicyclic) bond motifs is 2. The lowest BCUT2D eigenvalue weighted by Crippen LogP contribution is -2.35. The third kappa shape index (κ3) is 7.93. The number of hydrogen-bond acceptors (Lipinski definition) is 24. The van der Waals surface area contributed by atoms with Crippen molar-refractivity contribution in [3.8, 4) is 0 Å². The number of hydroxylamine groups is 2. The van der Waals surface area contributed by atoms with Crippen LogP contribution in [-0.4, -0.2) is 139 Å². The summed E-state index contributed by atoms with van der Waals surface area (Å²) >= 11 is 0. The summed E-state index contributed by atoms with van der Waals surface area (Å²) in [5.41, 5.74) is 4.50. The molecule has 7 rings (SSSR count). The van der Waals surface area contributed by atoms with Crippen LogP contribution in [0.4, 0.5) is 16.6 Å². The highest BCUT2D eigenvalue weighted by Gasteiger charge is 2.46. The number of phosphoric acid groups is 2. The Bertz CT molecular complexity index is 2270. The number of imidazole rings is 2. The van der Waals surface area contributed by atoms with E-state index in [-0.39, 0.29) is 34.1 Å². The maximum Gasteiger partial charge on any atom is 0.432 e. The van der Waals surface area contributed by atoms with Crippen LogP contribution in [-0.2, 0) is 41.6 Å². The number of anilines is 2. The Morgan fingerprint density at radius 3 is 2.14 bits per heavy atom. The van der Waals surface area contributed by atoms with Gasteiger partial charge >= 0.3 is 6.09 Å². The molecule has 56 heavy (non-hydrogen) atoms. The van der Waals surface area contributed by atoms with Crippen LogP contribution in [0.1, 0.15) is 25.3 Å². The van der Waals surface area contributed by atoms with Crippen LogP contribution in [0.15, 0.2) is 23.8 Å². The summed E-state index contributed by atoms with van der Waals surface area (Å²) in [6.07, 6.45) is -9.22. The lowest BCUT2D eigenvalue weighted by atomic mass is 10.1. The molecule has 4 unspecified atom stereocenters. The summed E-state index contributed by atoms with van der Waals surface area (Å²) < 4.78 is 51.5. The maximum absolute atomic E-state index is 12.5. The predicted octanol–water partition coefficient (Wildman–Crippen LogP) is -4.11. The molecule has 3 aliphatic heterocycles. The first-order chi connectivity index (χ1) is 26.6. The Kier molecular flexibility index (Phi) is 11.0. The highest BCUT2D eigenvalue weighted by molar-refractivity contribution is 7.59. The first kappa shape index (κ1) is 39.8. The molecule has 4 aromatic heterocycles. The van der Waals surface area contributed by atoms with Gasteiger partial charge in [-0.25, -0.2) is 29.0 Å². The molecule has 3 fully saturated rings. The number of rotatable bonds is 13. The van der Waals surface area contributed by atoms with Crippen molar-refractivity contribution in [1.82, 2.24) is 44.1 Å². The molecular weight excluding hydrogens is 800 g/mol. The number of H-pyrrole nitrogens is 1. The number of aldehydes is 1. The topological polar surface area (TPSA) is 399 Å². The summed E-state index contributed by atoms with van der Waals surface area (Å²) in [4.78, 5) is 88.1. The summed E-state index contributed by atoms with van der Waals surface area (Å²) in [5.74, 6) is -0.420. The van der Waals surface area contributed by atoms with Gasteiger partial charge in [0.2, 0.25) is 5.95 Å². The zero-order valence-corrected chi connectivity index (χ0v) is 30.0. The van der Waals surface area contributed by atoms with Crippen LogP contribution in [0.3, 0.4) is 0 Å². The van der Waals surface area contributed by atoms with Gasteiger partial charge in [-0.05, 0) is 12.8 Å². The van der Waals surface area contributed by atoms with E-state index < -0.39 is 95.6 Å². The molecule has 0 aliphatic carbocycles. The molecule has 30 heteroatoms. The maximum atomic E-state index is 12.5. The Labute approximate surface area is 310 Å². The summed E-state index contributed by atoms with van der Waals surface area (Å²) in [6, 6.07) is -0.599. The number of nitrogen functional groups attached to an aromatic ring is 1. The zero-order chi connectivity index (χ0) is 40.1. The zero-order valence-electron chi connectivity index (χ0n) is 28.2. The van der Waals surface area contributed by atoms with Gasteiger partial charge in [0.25, 0.3) is 21.2 Å². The van der Waals surface area contributed by atoms with Gasteiger partial charge in [-0.15, -0.1) is 5.06 Å². The van der Waals surface area contributed by atoms with E-state index in [0.717, 1.165) is 28.1 Å². The Hall–Kier alpha value is -4.38. The van der Waals surface area contributed by atoms with Gasteiger partial charge in [0.1, 0.15) is 55.3 Å². The first-order valence-corrected chi connectivity index (χ1v) is 19.2. The van der Waals surface area contributed by atoms with Crippen LogP contribution in [0.5, 0.6) is 0 Å². The fraction of sp³-hybridized carbons (Fsp3) is 0.538. The molecule has 28 nitrogen and oxygen atoms in total. The Balaban J connectivity index is 0.937. The lowest BCUT2D eigenvalue weighted by molar-refractivity contribution is -0.246. The third-order valence-electron chi connectivity index (χ3n) is 8.85. The number of carbonyl (C=O) groups is 2. The molecule has 3 saturated heterocycles. The molecule has 0 radical (unpaired) electrons. The van der Waals surface area contributed by atoms with Crippen molar-refractivity contribution in [2.45, 2.75) is 68.0 Å². The summed E-state index contributed by atoms with van der Waals surface area (Å²) in [5, 5.41) is 46.0. The van der Waals surface area contributed by atoms with Gasteiger partial charge in [0.05, 0.1) is 25.9 Å². The monoisotopic (exact) mass is 831 g/mol. The van der Waals surface area contributed by atoms with Crippen LogP contribution in [0, 0.1) is 0 Å². The largest absolute Gasteiger partial charge is 0.756 e. The molecule has 7 heterocycles. The van der Waals surface area contributed by atoms with E-state index in [9.17, 15) is 53.7 Å². The molecular formula is C26H31N11O17P2-2. The number of aromatic amines is 1. The molecule has 4 aromatic rings. The predicted molar refractivity (Wildman–Crippen MR) is 174 cm³/mol. The quantitative estimate of drug-likeness (QED) is 0.0497. The first-order valence-electron chi connectivity index (χ1n) is 16.3. The Morgan fingerprint density at radius 1 is 0.946 bits per heavy atom. The molecule has 1 amide bonds. The van der Waals surface area contributed by atoms with Gasteiger partial charge < -0.3 is 64.1 Å². The van der Waals surface area contributed by atoms with Crippen molar-refractivity contribution < 1.29 is 76.6 Å². The van der Waals surface area contributed by atoms with Crippen LogP contribution < -0.4 is 26.4 Å². The van der Waals surface area contributed by atoms with E-state index in [1.807, 2.05) is 0 Å². The SMILES string of the molecule is Nc1nc2c(ncn2[C@@H]2O[C@H](COP(=O)([O-])OP(=O)([O-])OC[C@H]3O[C@@H](n4cnc5c(NC(=O)ON6CCC[C@H]6C=O)ncnc54)C(O)[C@H]3O)[C@H](O)C2O)c(=O)[nH]1. The lowest BCUT2D eigenvalue weighted by Gasteiger charge is -2.32. The molecule has 8 N–H and O–H groups in total. The number of amides is 1. The standard InChI is InChI=1S/C26H33N11O17P2/c27-25-33-21-14(22(43)34-25)31-9-36(21)24-18(42)16(40)12(52-24)6-50-56(47,48)54-55(45,46)49-5-11-15(39)17(41)23(51-11)35-8-30-13-19(28-7-29-20(13)35)32-26(44)53-37-3-1-2-10(37)4-38/h4,7-12,15-18,23-24,39-42H,1-3,5-6H2,(H,45,46)(H,47,48)(H3,27,33,34,43)(H,28,29,32,44)/p-2/t10-,11+,12+,15-,16-,17?,18?,23+,24+/m0/s1. The molecule has 3 aliphatic rings. The van der Waals surface area contributed by atoms with Gasteiger partial charge in [-0.2, -0.15) is 4.98 Å². The highest BCUT2D eigenvalue weighted by atomic mass is 31.3. The molecule has 0 spiro atoms. The highest BCUT2D eigenvalue weighted by Crippen LogP contribution is 2.56. The number of hydrogen-bond donors (Lipinski definition) is 7. The van der Waals surface area contributed by atoms with Gasteiger partial charge in [-0.1, -0.05) is 0 Å². The minimum absolute atomic E-state index is 0.0129. The number of carbonyl (C=O) groups excluding carboxylic acids is 2. The summed E-state index contributed by atoms with van der Waals surface area (Å²) in [7, 11) is -11.6. The van der Waals surface area contributed by atoms with Crippen molar-refractivity contribution in [2.24, 2.45) is 0 Å². The van der Waals surface area contributed by atoms with Gasteiger partial charge in [0.15, 0.2) is 40.6 Å². The third-order valence-corrected chi connectivity index (χ3v) is 11.4. The number of aliphatic hydroxyl groups is 4. The average Bonchev–Trinajstić information content (AvgIpc) is 3.96. The number of nitrogens with two attached hydrogens (primary N) is 1. The van der Waals surface area contributed by atoms with Gasteiger partial charge in [-0.3, -0.25) is 33.4 Å². The molecule has 0 saturated carbocycles. The van der Waals surface area contributed by atoms with Crippen molar-refractivity contribution >= 4 is 62.1 Å². The second-order valence-corrected chi connectivity index (χ2v) is 15.4. The van der Waals surface area contributed by atoms with E-state index >= 15 is 0 Å². The number of aliphatic hydroxyl groups excluding tert-OH is 4. The van der Waals surface area contributed by atoms with Crippen LogP contribution >= 0.6 is 15.6 Å². The fourth-order valence-corrected chi connectivity index (χ4v) is 8.21. The summed E-state index contributed by atoms with van der Waals surface area (Å²) in [6.45, 7) is -1.81. The normalized spacial score (nSPS) is 30.4. The second kappa shape index (κ2) is 15.5. The number of nitrogens with zero attached hydrogens (tertiary/aromatic N) is 8. The number of ether oxygens (including phenoxy) is 2. The fourth-order valence-electron chi connectivity index (χ4n) is 6.19. The second-order valence-electron chi connectivity index (χ2n) is 12.5. The van der Waals surface area contributed by atoms with Crippen molar-refractivity contribution in [1.29, 1.82) is 0 Å². The van der Waals surface area contributed by atoms with E-state index in [0.29, 0.717) is 25.7 Å². The minimum atomic E-state index is -5.80. The number of phosphoric ester groups is 2. The van der Waals surface area contributed by atoms with E-state index in [2.05, 4.69) is 48.6 Å². The number of nitrogens with one attached hydrogen (secondary N) is 2.